The highest BCUT2D eigenvalue weighted by atomic mass is 79.9. The quantitative estimate of drug-likeness (QED) is 0.779. The monoisotopic (exact) mass is 345 g/mol. The molecule has 0 N–H and O–H groups in total. The van der Waals surface area contributed by atoms with Gasteiger partial charge in [0.2, 0.25) is 0 Å². The van der Waals surface area contributed by atoms with Gasteiger partial charge >= 0.3 is 6.05 Å². The van der Waals surface area contributed by atoms with Crippen molar-refractivity contribution in [3.8, 4) is 5.75 Å². The Morgan fingerprint density at radius 3 is 2.75 bits per heavy atom. The molecule has 1 aromatic carbocycles. The van der Waals surface area contributed by atoms with E-state index >= 15 is 0 Å². The summed E-state index contributed by atoms with van der Waals surface area (Å²) in [5.74, 6) is 0.237. The molecule has 3 rings (SSSR count). The second-order valence-corrected chi connectivity index (χ2v) is 6.18. The number of carbonyl (C=O) groups excluding carboxylic acids is 1. The first kappa shape index (κ1) is 13.8. The average molecular weight is 346 g/mol. The molecule has 0 unspecified atom stereocenters. The minimum atomic E-state index is -3.03. The van der Waals surface area contributed by atoms with Gasteiger partial charge in [0.25, 0.3) is 5.91 Å². The summed E-state index contributed by atoms with van der Waals surface area (Å²) in [6, 6.07) is 1.82. The first-order valence-electron chi connectivity index (χ1n) is 6.59. The molecule has 1 saturated carbocycles. The van der Waals surface area contributed by atoms with Gasteiger partial charge in [0.1, 0.15) is 5.75 Å². The number of hydrogen-bond acceptors (Lipinski definition) is 2. The molecule has 1 aliphatic carbocycles. The van der Waals surface area contributed by atoms with E-state index in [9.17, 15) is 13.6 Å². The fraction of sp³-hybridized carbons (Fsp3) is 0.500. The van der Waals surface area contributed by atoms with Crippen LogP contribution in [0, 0.1) is 5.92 Å². The summed E-state index contributed by atoms with van der Waals surface area (Å²) in [5, 5.41) is 0. The fourth-order valence-corrected chi connectivity index (χ4v) is 2.41. The van der Waals surface area contributed by atoms with E-state index in [-0.39, 0.29) is 18.5 Å². The molecule has 2 fully saturated rings. The van der Waals surface area contributed by atoms with Crippen molar-refractivity contribution in [2.45, 2.75) is 25.3 Å². The zero-order valence-electron chi connectivity index (χ0n) is 10.7. The van der Waals surface area contributed by atoms with Crippen LogP contribution in [0.4, 0.5) is 8.78 Å². The third-order valence-corrected chi connectivity index (χ3v) is 4.12. The Hall–Kier alpha value is -1.17. The highest BCUT2D eigenvalue weighted by Crippen LogP contribution is 2.37. The van der Waals surface area contributed by atoms with Gasteiger partial charge in [-0.2, -0.15) is 8.78 Å². The van der Waals surface area contributed by atoms with E-state index in [0.29, 0.717) is 23.2 Å². The SMILES string of the molecule is O=C(c1ccc(Br)cc1OCC1CC1)N1CCC1(F)F. The Balaban J connectivity index is 1.81. The molecule has 0 spiro atoms. The average Bonchev–Trinajstić information content (AvgIpc) is 3.19. The number of carbonyl (C=O) groups is 1. The van der Waals surface area contributed by atoms with Gasteiger partial charge in [-0.15, -0.1) is 0 Å². The molecule has 2 aliphatic rings. The summed E-state index contributed by atoms with van der Waals surface area (Å²) in [7, 11) is 0. The Kier molecular flexibility index (Phi) is 3.44. The van der Waals surface area contributed by atoms with Gasteiger partial charge in [-0.3, -0.25) is 9.69 Å². The number of hydrogen-bond donors (Lipinski definition) is 0. The summed E-state index contributed by atoms with van der Waals surface area (Å²) >= 11 is 3.31. The maximum atomic E-state index is 13.3. The highest BCUT2D eigenvalue weighted by molar-refractivity contribution is 9.10. The van der Waals surface area contributed by atoms with Crippen molar-refractivity contribution in [3.05, 3.63) is 28.2 Å². The summed E-state index contributed by atoms with van der Waals surface area (Å²) in [6.45, 7) is 0.622. The van der Waals surface area contributed by atoms with Crippen molar-refractivity contribution in [2.24, 2.45) is 5.92 Å². The van der Waals surface area contributed by atoms with Crippen LogP contribution in [0.15, 0.2) is 22.7 Å². The molecule has 1 heterocycles. The zero-order valence-corrected chi connectivity index (χ0v) is 12.3. The Morgan fingerprint density at radius 2 is 2.20 bits per heavy atom. The second kappa shape index (κ2) is 4.98. The number of rotatable bonds is 4. The van der Waals surface area contributed by atoms with Crippen LogP contribution in [0.2, 0.25) is 0 Å². The van der Waals surface area contributed by atoms with Crippen molar-refractivity contribution in [3.63, 3.8) is 0 Å². The molecule has 3 nitrogen and oxygen atoms in total. The maximum absolute atomic E-state index is 13.3. The lowest BCUT2D eigenvalue weighted by Crippen LogP contribution is -2.56. The number of benzene rings is 1. The third kappa shape index (κ3) is 2.66. The molecule has 0 aromatic heterocycles. The Bertz CT molecular complexity index is 546. The molecule has 1 aromatic rings. The van der Waals surface area contributed by atoms with Gasteiger partial charge in [0, 0.05) is 17.4 Å². The lowest BCUT2D eigenvalue weighted by atomic mass is 10.1. The molecule has 1 saturated heterocycles. The summed E-state index contributed by atoms with van der Waals surface area (Å²) < 4.78 is 33.0. The molecule has 0 radical (unpaired) electrons. The smallest absolute Gasteiger partial charge is 0.329 e. The van der Waals surface area contributed by atoms with Gasteiger partial charge in [-0.1, -0.05) is 15.9 Å². The van der Waals surface area contributed by atoms with Crippen LogP contribution in [-0.4, -0.2) is 30.0 Å². The molecular formula is C14H14BrF2NO2. The first-order valence-corrected chi connectivity index (χ1v) is 7.39. The van der Waals surface area contributed by atoms with Crippen molar-refractivity contribution in [1.29, 1.82) is 0 Å². The number of halogens is 3. The van der Waals surface area contributed by atoms with E-state index in [4.69, 9.17) is 4.74 Å². The van der Waals surface area contributed by atoms with E-state index in [0.717, 1.165) is 17.3 Å². The van der Waals surface area contributed by atoms with Gasteiger partial charge in [0.05, 0.1) is 12.2 Å². The zero-order chi connectivity index (χ0) is 14.3. The van der Waals surface area contributed by atoms with E-state index < -0.39 is 12.0 Å². The maximum Gasteiger partial charge on any atom is 0.329 e. The first-order chi connectivity index (χ1) is 9.47. The number of nitrogens with zero attached hydrogens (tertiary/aromatic N) is 1. The van der Waals surface area contributed by atoms with Crippen LogP contribution < -0.4 is 4.74 Å². The van der Waals surface area contributed by atoms with Crippen LogP contribution in [0.1, 0.15) is 29.6 Å². The molecule has 20 heavy (non-hydrogen) atoms. The van der Waals surface area contributed by atoms with Crippen molar-refractivity contribution in [1.82, 2.24) is 4.90 Å². The molecule has 108 valence electrons. The summed E-state index contributed by atoms with van der Waals surface area (Å²) in [4.78, 5) is 12.8. The van der Waals surface area contributed by atoms with E-state index in [2.05, 4.69) is 15.9 Å². The minimum absolute atomic E-state index is 0.0873. The summed E-state index contributed by atoms with van der Waals surface area (Å²) in [6.07, 6.45) is 1.98. The van der Waals surface area contributed by atoms with Gasteiger partial charge < -0.3 is 4.74 Å². The summed E-state index contributed by atoms with van der Waals surface area (Å²) in [5.41, 5.74) is 0.202. The van der Waals surface area contributed by atoms with Crippen LogP contribution in [0.25, 0.3) is 0 Å². The van der Waals surface area contributed by atoms with E-state index in [1.165, 1.54) is 6.07 Å². The Morgan fingerprint density at radius 1 is 1.45 bits per heavy atom. The van der Waals surface area contributed by atoms with Crippen molar-refractivity contribution in [2.75, 3.05) is 13.2 Å². The second-order valence-electron chi connectivity index (χ2n) is 5.27. The minimum Gasteiger partial charge on any atom is -0.492 e. The van der Waals surface area contributed by atoms with Gasteiger partial charge in [0.15, 0.2) is 0 Å². The molecule has 0 atom stereocenters. The van der Waals surface area contributed by atoms with E-state index in [1.807, 2.05) is 0 Å². The fourth-order valence-electron chi connectivity index (χ4n) is 2.07. The standard InChI is InChI=1S/C14H14BrF2NO2/c15-10-3-4-11(12(7-10)20-8-9-1-2-9)13(19)18-6-5-14(18,16)17/h3-4,7,9H,1-2,5-6,8H2. The number of amides is 1. The topological polar surface area (TPSA) is 29.5 Å². The highest BCUT2D eigenvalue weighted by Gasteiger charge is 2.49. The molecular weight excluding hydrogens is 332 g/mol. The van der Waals surface area contributed by atoms with Crippen molar-refractivity contribution >= 4 is 21.8 Å². The third-order valence-electron chi connectivity index (χ3n) is 3.62. The van der Waals surface area contributed by atoms with Gasteiger partial charge in [-0.05, 0) is 37.0 Å². The number of likely N-dealkylation sites (tertiary alicyclic amines) is 1. The normalized spacial score (nSPS) is 20.4. The van der Waals surface area contributed by atoms with Crippen molar-refractivity contribution < 1.29 is 18.3 Å². The lowest BCUT2D eigenvalue weighted by molar-refractivity contribution is -0.189. The van der Waals surface area contributed by atoms with Crippen LogP contribution in [0.5, 0.6) is 5.75 Å². The number of alkyl halides is 2. The lowest BCUT2D eigenvalue weighted by Gasteiger charge is -2.40. The molecule has 1 amide bonds. The van der Waals surface area contributed by atoms with Crippen LogP contribution in [-0.2, 0) is 0 Å². The molecule has 0 bridgehead atoms. The number of ether oxygens (including phenoxy) is 1. The van der Waals surface area contributed by atoms with E-state index in [1.54, 1.807) is 12.1 Å². The van der Waals surface area contributed by atoms with Crippen LogP contribution >= 0.6 is 15.9 Å². The predicted molar refractivity (Wildman–Crippen MR) is 73.0 cm³/mol. The van der Waals surface area contributed by atoms with Crippen LogP contribution in [0.3, 0.4) is 0 Å². The largest absolute Gasteiger partial charge is 0.492 e. The van der Waals surface area contributed by atoms with Gasteiger partial charge in [-0.25, -0.2) is 0 Å². The molecule has 1 aliphatic heterocycles. The predicted octanol–water partition coefficient (Wildman–Crippen LogP) is 3.68. The molecule has 6 heteroatoms. The Labute approximate surface area is 124 Å².